The van der Waals surface area contributed by atoms with Crippen LogP contribution in [0.25, 0.3) is 0 Å². The van der Waals surface area contributed by atoms with E-state index in [1.54, 1.807) is 12.1 Å². The van der Waals surface area contributed by atoms with Crippen LogP contribution >= 0.6 is 22.6 Å². The van der Waals surface area contributed by atoms with Crippen molar-refractivity contribution in [3.63, 3.8) is 0 Å². The number of carbonyl (C=O) groups is 1. The Hall–Kier alpha value is -0.710. The average Bonchev–Trinajstić information content (AvgIpc) is 2.85. The molecule has 1 saturated heterocycles. The van der Waals surface area contributed by atoms with E-state index < -0.39 is 27.5 Å². The molecule has 1 aliphatic heterocycles. The minimum absolute atomic E-state index is 0.0833. The highest BCUT2D eigenvalue weighted by atomic mass is 127. The SMILES string of the molecule is COC(=O)[C@@]1(CI)CN(S(=O)(=O)c2ccc(C)cc2)C[C@H]1O. The lowest BCUT2D eigenvalue weighted by molar-refractivity contribution is -0.154. The molecule has 1 fully saturated rings. The van der Waals surface area contributed by atoms with E-state index in [0.29, 0.717) is 0 Å². The van der Waals surface area contributed by atoms with Crippen LogP contribution in [-0.4, -0.2) is 54.5 Å². The summed E-state index contributed by atoms with van der Waals surface area (Å²) >= 11 is 1.97. The first-order chi connectivity index (χ1) is 10.3. The molecule has 6 nitrogen and oxygen atoms in total. The summed E-state index contributed by atoms with van der Waals surface area (Å²) in [5, 5.41) is 10.3. The maximum absolute atomic E-state index is 12.7. The van der Waals surface area contributed by atoms with E-state index in [-0.39, 0.29) is 22.4 Å². The monoisotopic (exact) mass is 439 g/mol. The molecule has 1 aliphatic rings. The molecule has 0 saturated carbocycles. The third kappa shape index (κ3) is 2.89. The van der Waals surface area contributed by atoms with Crippen molar-refractivity contribution in [3.8, 4) is 0 Å². The zero-order valence-electron chi connectivity index (χ0n) is 12.3. The zero-order valence-corrected chi connectivity index (χ0v) is 15.3. The minimum atomic E-state index is -3.75. The normalized spacial score (nSPS) is 26.1. The van der Waals surface area contributed by atoms with Crippen LogP contribution in [0.1, 0.15) is 5.56 Å². The van der Waals surface area contributed by atoms with Gasteiger partial charge in [0.2, 0.25) is 10.0 Å². The van der Waals surface area contributed by atoms with Gasteiger partial charge in [0.15, 0.2) is 0 Å². The van der Waals surface area contributed by atoms with Crippen LogP contribution in [0.5, 0.6) is 0 Å². The average molecular weight is 439 g/mol. The van der Waals surface area contributed by atoms with E-state index in [9.17, 15) is 18.3 Å². The molecular formula is C14H18INO5S. The molecular weight excluding hydrogens is 421 g/mol. The Morgan fingerprint density at radius 1 is 1.45 bits per heavy atom. The van der Waals surface area contributed by atoms with E-state index >= 15 is 0 Å². The van der Waals surface area contributed by atoms with Gasteiger partial charge in [-0.1, -0.05) is 40.3 Å². The second-order valence-corrected chi connectivity index (χ2v) is 8.11. The van der Waals surface area contributed by atoms with Crippen molar-refractivity contribution in [2.45, 2.75) is 17.9 Å². The van der Waals surface area contributed by atoms with Crippen LogP contribution in [0, 0.1) is 12.3 Å². The highest BCUT2D eigenvalue weighted by Crippen LogP contribution is 2.37. The number of alkyl halides is 1. The summed E-state index contributed by atoms with van der Waals surface area (Å²) in [4.78, 5) is 12.2. The topological polar surface area (TPSA) is 83.9 Å². The third-order valence-electron chi connectivity index (χ3n) is 3.96. The van der Waals surface area contributed by atoms with Crippen molar-refractivity contribution < 1.29 is 23.1 Å². The number of ether oxygens (including phenoxy) is 1. The molecule has 1 N–H and O–H groups in total. The van der Waals surface area contributed by atoms with Gasteiger partial charge in [-0.2, -0.15) is 4.31 Å². The largest absolute Gasteiger partial charge is 0.468 e. The minimum Gasteiger partial charge on any atom is -0.468 e. The number of methoxy groups -OCH3 is 1. The molecule has 1 aromatic rings. The predicted molar refractivity (Wildman–Crippen MR) is 89.3 cm³/mol. The van der Waals surface area contributed by atoms with Crippen LogP contribution in [0.4, 0.5) is 0 Å². The number of β-amino-alcohol motifs (C(OH)–C–C–N with tert-alkyl or cyclic N) is 1. The summed E-state index contributed by atoms with van der Waals surface area (Å²) in [6, 6.07) is 6.48. The number of aryl methyl sites for hydroxylation is 1. The second kappa shape index (κ2) is 6.42. The molecule has 0 amide bonds. The maximum atomic E-state index is 12.7. The summed E-state index contributed by atoms with van der Waals surface area (Å²) in [7, 11) is -2.51. The smallest absolute Gasteiger partial charge is 0.316 e. The molecule has 1 heterocycles. The lowest BCUT2D eigenvalue weighted by Crippen LogP contribution is -2.44. The Bertz CT molecular complexity index is 660. The number of nitrogens with zero attached hydrogens (tertiary/aromatic N) is 1. The lowest BCUT2D eigenvalue weighted by atomic mass is 9.87. The van der Waals surface area contributed by atoms with Crippen molar-refractivity contribution in [1.82, 2.24) is 4.31 Å². The molecule has 22 heavy (non-hydrogen) atoms. The fourth-order valence-corrected chi connectivity index (χ4v) is 5.06. The molecule has 122 valence electrons. The van der Waals surface area contributed by atoms with Gasteiger partial charge < -0.3 is 9.84 Å². The van der Waals surface area contributed by atoms with E-state index in [4.69, 9.17) is 4.74 Å². The van der Waals surface area contributed by atoms with Gasteiger partial charge in [0.1, 0.15) is 5.41 Å². The van der Waals surface area contributed by atoms with E-state index in [1.165, 1.54) is 19.2 Å². The molecule has 0 aromatic heterocycles. The Morgan fingerprint density at radius 2 is 2.05 bits per heavy atom. The van der Waals surface area contributed by atoms with Gasteiger partial charge in [-0.25, -0.2) is 8.42 Å². The third-order valence-corrected chi connectivity index (χ3v) is 7.15. The molecule has 8 heteroatoms. The number of halogens is 1. The molecule has 0 radical (unpaired) electrons. The lowest BCUT2D eigenvalue weighted by Gasteiger charge is -2.26. The van der Waals surface area contributed by atoms with E-state index in [0.717, 1.165) is 9.87 Å². The van der Waals surface area contributed by atoms with E-state index in [2.05, 4.69) is 0 Å². The number of sulfonamides is 1. The van der Waals surface area contributed by atoms with Crippen LogP contribution in [-0.2, 0) is 19.6 Å². The number of aliphatic hydroxyl groups excluding tert-OH is 1. The van der Waals surface area contributed by atoms with Gasteiger partial charge in [0.25, 0.3) is 0 Å². The van der Waals surface area contributed by atoms with Crippen LogP contribution in [0.2, 0.25) is 0 Å². The Labute approximate surface area is 143 Å². The predicted octanol–water partition coefficient (Wildman–Crippen LogP) is 0.955. The molecule has 2 atom stereocenters. The number of esters is 1. The quantitative estimate of drug-likeness (QED) is 0.429. The number of hydrogen-bond donors (Lipinski definition) is 1. The maximum Gasteiger partial charge on any atom is 0.316 e. The number of hydrogen-bond acceptors (Lipinski definition) is 5. The fourth-order valence-electron chi connectivity index (χ4n) is 2.48. The highest BCUT2D eigenvalue weighted by molar-refractivity contribution is 14.1. The van der Waals surface area contributed by atoms with Gasteiger partial charge in [-0.05, 0) is 19.1 Å². The summed E-state index contributed by atoms with van der Waals surface area (Å²) in [5.41, 5.74) is -0.260. The van der Waals surface area contributed by atoms with Gasteiger partial charge >= 0.3 is 5.97 Å². The van der Waals surface area contributed by atoms with E-state index in [1.807, 2.05) is 29.5 Å². The van der Waals surface area contributed by atoms with Crippen molar-refractivity contribution >= 4 is 38.6 Å². The zero-order chi connectivity index (χ0) is 16.5. The standard InChI is InChI=1S/C14H18INO5S/c1-10-3-5-11(6-4-10)22(19,20)16-7-12(17)14(8-15,9-16)13(18)21-2/h3-6,12,17H,7-9H2,1-2H3/t12-,14+/m1/s1. The molecule has 0 aliphatic carbocycles. The number of carbonyl (C=O) groups excluding carboxylic acids is 1. The van der Waals surface area contributed by atoms with Crippen LogP contribution in [0.15, 0.2) is 29.2 Å². The van der Waals surface area contributed by atoms with Crippen molar-refractivity contribution in [3.05, 3.63) is 29.8 Å². The number of benzene rings is 1. The molecule has 0 bridgehead atoms. The fraction of sp³-hybridized carbons (Fsp3) is 0.500. The van der Waals surface area contributed by atoms with Crippen molar-refractivity contribution in [2.24, 2.45) is 5.41 Å². The Balaban J connectivity index is 2.35. The van der Waals surface area contributed by atoms with Gasteiger partial charge in [-0.15, -0.1) is 0 Å². The van der Waals surface area contributed by atoms with Gasteiger partial charge in [0.05, 0.1) is 18.1 Å². The first-order valence-corrected chi connectivity index (χ1v) is 9.64. The van der Waals surface area contributed by atoms with Crippen LogP contribution < -0.4 is 0 Å². The summed E-state index contributed by atoms with van der Waals surface area (Å²) in [6.07, 6.45) is -1.09. The first kappa shape index (κ1) is 17.6. The van der Waals surface area contributed by atoms with Gasteiger partial charge in [-0.3, -0.25) is 4.79 Å². The Kier molecular flexibility index (Phi) is 5.15. The molecule has 0 spiro atoms. The molecule has 2 rings (SSSR count). The second-order valence-electron chi connectivity index (χ2n) is 5.41. The van der Waals surface area contributed by atoms with Crippen LogP contribution in [0.3, 0.4) is 0 Å². The Morgan fingerprint density at radius 3 is 2.55 bits per heavy atom. The van der Waals surface area contributed by atoms with Crippen molar-refractivity contribution in [1.29, 1.82) is 0 Å². The van der Waals surface area contributed by atoms with Crippen molar-refractivity contribution in [2.75, 3.05) is 24.6 Å². The molecule has 0 unspecified atom stereocenters. The first-order valence-electron chi connectivity index (χ1n) is 6.67. The number of rotatable bonds is 4. The van der Waals surface area contributed by atoms with Gasteiger partial charge in [0, 0.05) is 17.5 Å². The molecule has 1 aromatic carbocycles. The summed E-state index contributed by atoms with van der Waals surface area (Å²) in [6.45, 7) is 1.67. The highest BCUT2D eigenvalue weighted by Gasteiger charge is 2.54. The summed E-state index contributed by atoms with van der Waals surface area (Å²) < 4.78 is 31.5. The number of aliphatic hydroxyl groups is 1. The summed E-state index contributed by atoms with van der Waals surface area (Å²) in [5.74, 6) is -0.587.